The van der Waals surface area contributed by atoms with Gasteiger partial charge < -0.3 is 10.4 Å². The van der Waals surface area contributed by atoms with Gasteiger partial charge in [-0.3, -0.25) is 14.9 Å². The molecule has 6 heteroatoms. The summed E-state index contributed by atoms with van der Waals surface area (Å²) in [5, 5.41) is 22.5. The number of aliphatic carboxylic acids is 1. The zero-order valence-electron chi connectivity index (χ0n) is 11.0. The maximum Gasteiger partial charge on any atom is 0.304 e. The Labute approximate surface area is 111 Å². The van der Waals surface area contributed by atoms with Crippen LogP contribution in [-0.2, 0) is 11.3 Å². The molecule has 104 valence electrons. The molecule has 0 heterocycles. The number of nitro groups is 1. The van der Waals surface area contributed by atoms with E-state index in [1.807, 2.05) is 13.8 Å². The second-order valence-corrected chi connectivity index (χ2v) is 4.75. The predicted octanol–water partition coefficient (Wildman–Crippen LogP) is 2.18. The van der Waals surface area contributed by atoms with E-state index in [1.54, 1.807) is 12.1 Å². The maximum atomic E-state index is 10.7. The van der Waals surface area contributed by atoms with Crippen LogP contribution in [0.25, 0.3) is 0 Å². The van der Waals surface area contributed by atoms with Gasteiger partial charge in [0.1, 0.15) is 0 Å². The molecule has 0 spiro atoms. The van der Waals surface area contributed by atoms with Crippen LogP contribution in [0.3, 0.4) is 0 Å². The molecule has 1 atom stereocenters. The number of hydrogen-bond donors (Lipinski definition) is 2. The molecule has 0 saturated carbocycles. The van der Waals surface area contributed by atoms with Crippen LogP contribution in [0.4, 0.5) is 5.69 Å². The van der Waals surface area contributed by atoms with Gasteiger partial charge in [0.05, 0.1) is 11.3 Å². The third kappa shape index (κ3) is 5.05. The van der Waals surface area contributed by atoms with Crippen molar-refractivity contribution < 1.29 is 14.8 Å². The van der Waals surface area contributed by atoms with E-state index in [-0.39, 0.29) is 24.1 Å². The quantitative estimate of drug-likeness (QED) is 0.583. The van der Waals surface area contributed by atoms with Crippen molar-refractivity contribution in [2.24, 2.45) is 5.92 Å². The van der Waals surface area contributed by atoms with Crippen LogP contribution in [0, 0.1) is 16.0 Å². The summed E-state index contributed by atoms with van der Waals surface area (Å²) < 4.78 is 0. The molecule has 0 aliphatic heterocycles. The number of rotatable bonds is 7. The Hall–Kier alpha value is -1.95. The Kier molecular flexibility index (Phi) is 5.44. The van der Waals surface area contributed by atoms with E-state index in [2.05, 4.69) is 5.32 Å². The van der Waals surface area contributed by atoms with Crippen molar-refractivity contribution in [1.29, 1.82) is 0 Å². The number of nitrogens with zero attached hydrogens (tertiary/aromatic N) is 1. The number of benzene rings is 1. The van der Waals surface area contributed by atoms with Crippen molar-refractivity contribution in [2.45, 2.75) is 32.9 Å². The van der Waals surface area contributed by atoms with Gasteiger partial charge >= 0.3 is 5.97 Å². The lowest BCUT2D eigenvalue weighted by Gasteiger charge is -2.20. The summed E-state index contributed by atoms with van der Waals surface area (Å²) in [6, 6.07) is 6.11. The first kappa shape index (κ1) is 15.1. The fourth-order valence-corrected chi connectivity index (χ4v) is 1.72. The summed E-state index contributed by atoms with van der Waals surface area (Å²) in [6.45, 7) is 4.40. The number of nitro benzene ring substituents is 1. The molecule has 0 aliphatic rings. The van der Waals surface area contributed by atoms with Crippen molar-refractivity contribution in [3.05, 3.63) is 39.9 Å². The Balaban J connectivity index is 2.58. The monoisotopic (exact) mass is 266 g/mol. The highest BCUT2D eigenvalue weighted by Gasteiger charge is 2.16. The highest BCUT2D eigenvalue weighted by molar-refractivity contribution is 5.67. The Morgan fingerprint density at radius 1 is 1.37 bits per heavy atom. The predicted molar refractivity (Wildman–Crippen MR) is 70.8 cm³/mol. The number of hydrogen-bond acceptors (Lipinski definition) is 4. The van der Waals surface area contributed by atoms with Gasteiger partial charge in [-0.1, -0.05) is 26.0 Å². The summed E-state index contributed by atoms with van der Waals surface area (Å²) in [4.78, 5) is 20.8. The van der Waals surface area contributed by atoms with Crippen LogP contribution in [0.2, 0.25) is 0 Å². The SMILES string of the molecule is CC(C)[C@@H](CC(=O)O)NCc1ccc([N+](=O)[O-])cc1. The van der Waals surface area contributed by atoms with Crippen LogP contribution in [0.5, 0.6) is 0 Å². The van der Waals surface area contributed by atoms with Crippen LogP contribution in [0.15, 0.2) is 24.3 Å². The molecule has 0 saturated heterocycles. The van der Waals surface area contributed by atoms with Crippen molar-refractivity contribution in [3.63, 3.8) is 0 Å². The standard InChI is InChI=1S/C13H18N2O4/c1-9(2)12(7-13(16)17)14-8-10-3-5-11(6-4-10)15(18)19/h3-6,9,12,14H,7-8H2,1-2H3,(H,16,17)/t12-/m1/s1. The zero-order valence-corrected chi connectivity index (χ0v) is 11.0. The third-order valence-corrected chi connectivity index (χ3v) is 2.91. The van der Waals surface area contributed by atoms with Gasteiger partial charge in [-0.2, -0.15) is 0 Å². The topological polar surface area (TPSA) is 92.5 Å². The molecule has 0 aliphatic carbocycles. The molecule has 1 aromatic rings. The minimum Gasteiger partial charge on any atom is -0.481 e. The maximum absolute atomic E-state index is 10.7. The molecule has 1 aromatic carbocycles. The smallest absolute Gasteiger partial charge is 0.304 e. The number of carboxylic acid groups (broad SMARTS) is 1. The molecular formula is C13H18N2O4. The molecule has 0 radical (unpaired) electrons. The molecule has 0 fully saturated rings. The van der Waals surface area contributed by atoms with E-state index in [0.717, 1.165) is 5.56 Å². The van der Waals surface area contributed by atoms with Gasteiger partial charge in [0, 0.05) is 24.7 Å². The highest BCUT2D eigenvalue weighted by atomic mass is 16.6. The van der Waals surface area contributed by atoms with Gasteiger partial charge in [-0.15, -0.1) is 0 Å². The number of carboxylic acids is 1. The van der Waals surface area contributed by atoms with Crippen molar-refractivity contribution in [1.82, 2.24) is 5.32 Å². The number of nitrogens with one attached hydrogen (secondary N) is 1. The summed E-state index contributed by atoms with van der Waals surface area (Å²) >= 11 is 0. The normalized spacial score (nSPS) is 12.4. The Bertz CT molecular complexity index is 442. The van der Waals surface area contributed by atoms with Crippen LogP contribution >= 0.6 is 0 Å². The highest BCUT2D eigenvalue weighted by Crippen LogP contribution is 2.13. The fraction of sp³-hybridized carbons (Fsp3) is 0.462. The third-order valence-electron chi connectivity index (χ3n) is 2.91. The van der Waals surface area contributed by atoms with E-state index in [9.17, 15) is 14.9 Å². The van der Waals surface area contributed by atoms with E-state index < -0.39 is 10.9 Å². The minimum atomic E-state index is -0.838. The molecule has 19 heavy (non-hydrogen) atoms. The average Bonchev–Trinajstić information content (AvgIpc) is 2.34. The average molecular weight is 266 g/mol. The van der Waals surface area contributed by atoms with Crippen molar-refractivity contribution in [2.75, 3.05) is 0 Å². The molecule has 1 rings (SSSR count). The van der Waals surface area contributed by atoms with Crippen LogP contribution in [-0.4, -0.2) is 22.0 Å². The lowest BCUT2D eigenvalue weighted by molar-refractivity contribution is -0.384. The van der Waals surface area contributed by atoms with Crippen LogP contribution < -0.4 is 5.32 Å². The summed E-state index contributed by atoms with van der Waals surface area (Å²) in [6.07, 6.45) is 0.0602. The first-order valence-corrected chi connectivity index (χ1v) is 6.08. The lowest BCUT2D eigenvalue weighted by Crippen LogP contribution is -2.35. The summed E-state index contributed by atoms with van der Waals surface area (Å²) in [7, 11) is 0. The molecule has 0 amide bonds. The fourth-order valence-electron chi connectivity index (χ4n) is 1.72. The van der Waals surface area contributed by atoms with Gasteiger partial charge in [0.2, 0.25) is 0 Å². The minimum absolute atomic E-state index is 0.0506. The molecule has 0 bridgehead atoms. The largest absolute Gasteiger partial charge is 0.481 e. The van der Waals surface area contributed by atoms with Crippen molar-refractivity contribution >= 4 is 11.7 Å². The Morgan fingerprint density at radius 3 is 2.37 bits per heavy atom. The molecule has 0 aromatic heterocycles. The van der Waals surface area contributed by atoms with E-state index in [4.69, 9.17) is 5.11 Å². The molecular weight excluding hydrogens is 248 g/mol. The second-order valence-electron chi connectivity index (χ2n) is 4.75. The molecule has 6 nitrogen and oxygen atoms in total. The van der Waals surface area contributed by atoms with E-state index in [1.165, 1.54) is 12.1 Å². The van der Waals surface area contributed by atoms with Gasteiger partial charge in [0.25, 0.3) is 5.69 Å². The van der Waals surface area contributed by atoms with Gasteiger partial charge in [-0.25, -0.2) is 0 Å². The number of carbonyl (C=O) groups is 1. The Morgan fingerprint density at radius 2 is 1.95 bits per heavy atom. The first-order chi connectivity index (χ1) is 8.90. The van der Waals surface area contributed by atoms with Gasteiger partial charge in [0.15, 0.2) is 0 Å². The first-order valence-electron chi connectivity index (χ1n) is 6.08. The van der Waals surface area contributed by atoms with E-state index >= 15 is 0 Å². The molecule has 2 N–H and O–H groups in total. The molecule has 0 unspecified atom stereocenters. The van der Waals surface area contributed by atoms with Crippen molar-refractivity contribution in [3.8, 4) is 0 Å². The summed E-state index contributed by atoms with van der Waals surface area (Å²) in [5.74, 6) is -0.635. The summed E-state index contributed by atoms with van der Waals surface area (Å²) in [5.41, 5.74) is 0.941. The number of non-ortho nitro benzene ring substituents is 1. The second kappa shape index (κ2) is 6.84. The van der Waals surface area contributed by atoms with Gasteiger partial charge in [-0.05, 0) is 11.5 Å². The van der Waals surface area contributed by atoms with Crippen LogP contribution in [0.1, 0.15) is 25.8 Å². The van der Waals surface area contributed by atoms with E-state index in [0.29, 0.717) is 6.54 Å². The zero-order chi connectivity index (χ0) is 14.4. The lowest BCUT2D eigenvalue weighted by atomic mass is 10.0.